The molecule has 0 saturated heterocycles. The lowest BCUT2D eigenvalue weighted by Crippen LogP contribution is -2.31. The first-order valence-electron chi connectivity index (χ1n) is 3.63. The van der Waals surface area contributed by atoms with Crippen molar-refractivity contribution in [2.45, 2.75) is 0 Å². The van der Waals surface area contributed by atoms with Crippen LogP contribution in [0.5, 0.6) is 5.75 Å². The second-order valence-corrected chi connectivity index (χ2v) is 9.79. The highest BCUT2D eigenvalue weighted by atomic mass is 79.9. The highest BCUT2D eigenvalue weighted by Gasteiger charge is 2.40. The molecule has 68 valence electrons. The average Bonchev–Trinajstić information content (AvgIpc) is 2.06. The Balaban J connectivity index is 2.53. The minimum atomic E-state index is -2.72. The van der Waals surface area contributed by atoms with E-state index in [1.54, 1.807) is 0 Å². The van der Waals surface area contributed by atoms with E-state index in [2.05, 4.69) is 15.9 Å². The molecule has 5 heteroatoms. The molecule has 1 heterocycles. The zero-order valence-electron chi connectivity index (χ0n) is 6.43. The molecule has 1 aliphatic heterocycles. The number of para-hydroxylation sites is 1. The normalized spacial score (nSPS) is 18.5. The summed E-state index contributed by atoms with van der Waals surface area (Å²) in [4.78, 5) is 0. The fourth-order valence-corrected chi connectivity index (χ4v) is 3.30. The maximum absolute atomic E-state index is 6.02. The van der Waals surface area contributed by atoms with Crippen molar-refractivity contribution in [3.63, 3.8) is 0 Å². The summed E-state index contributed by atoms with van der Waals surface area (Å²) in [5, 5.41) is 0. The Hall–Kier alpha value is 0.0369. The molecule has 0 atom stereocenters. The summed E-state index contributed by atoms with van der Waals surface area (Å²) in [6, 6.07) is 7.64. The SMILES string of the molecule is Cl[Si]1(Cl)Oc2ccccc2C=C1Br. The van der Waals surface area contributed by atoms with Crippen molar-refractivity contribution < 1.29 is 4.43 Å². The zero-order chi connectivity index (χ0) is 9.47. The van der Waals surface area contributed by atoms with Gasteiger partial charge in [0, 0.05) is 5.56 Å². The molecule has 0 aromatic heterocycles. The van der Waals surface area contributed by atoms with Crippen LogP contribution in [0.15, 0.2) is 28.4 Å². The van der Waals surface area contributed by atoms with Crippen molar-refractivity contribution in [2.24, 2.45) is 0 Å². The summed E-state index contributed by atoms with van der Waals surface area (Å²) in [5.74, 6) is 0.752. The van der Waals surface area contributed by atoms with Gasteiger partial charge in [0.05, 0.1) is 4.11 Å². The number of fused-ring (bicyclic) bond motifs is 1. The Labute approximate surface area is 95.0 Å². The van der Waals surface area contributed by atoms with Gasteiger partial charge in [0.25, 0.3) is 0 Å². The largest absolute Gasteiger partial charge is 0.514 e. The first-order valence-corrected chi connectivity index (χ1v) is 8.35. The van der Waals surface area contributed by atoms with E-state index in [0.29, 0.717) is 0 Å². The number of hydrogen-bond acceptors (Lipinski definition) is 1. The molecule has 0 saturated carbocycles. The van der Waals surface area contributed by atoms with Crippen molar-refractivity contribution >= 4 is 51.1 Å². The minimum absolute atomic E-state index is 0.752. The van der Waals surface area contributed by atoms with Crippen molar-refractivity contribution in [1.29, 1.82) is 0 Å². The van der Waals surface area contributed by atoms with Crippen LogP contribution in [0.4, 0.5) is 0 Å². The summed E-state index contributed by atoms with van der Waals surface area (Å²) >= 11 is 15.3. The van der Waals surface area contributed by atoms with Crippen LogP contribution in [0.3, 0.4) is 0 Å². The molecule has 0 amide bonds. The fourth-order valence-electron chi connectivity index (χ4n) is 1.10. The Morgan fingerprint density at radius 3 is 2.69 bits per heavy atom. The van der Waals surface area contributed by atoms with Gasteiger partial charge in [-0.05, 0) is 12.1 Å². The number of halogens is 3. The summed E-state index contributed by atoms with van der Waals surface area (Å²) < 4.78 is 6.24. The molecular formula is C8H5BrCl2OSi. The standard InChI is InChI=1S/C8H5BrCl2OSi/c9-8-5-6-3-1-2-4-7(6)12-13(8,10)11/h1-5H. The van der Waals surface area contributed by atoms with Crippen molar-refractivity contribution in [1.82, 2.24) is 0 Å². The van der Waals surface area contributed by atoms with Crippen LogP contribution in [0.25, 0.3) is 6.08 Å². The molecule has 1 aromatic carbocycles. The van der Waals surface area contributed by atoms with E-state index in [-0.39, 0.29) is 0 Å². The molecular weight excluding hydrogens is 291 g/mol. The molecule has 0 bridgehead atoms. The summed E-state index contributed by atoms with van der Waals surface area (Å²) in [6.45, 7) is -2.72. The molecule has 0 spiro atoms. The summed E-state index contributed by atoms with van der Waals surface area (Å²) in [5.41, 5.74) is 0.999. The molecule has 2 rings (SSSR count). The highest BCUT2D eigenvalue weighted by molar-refractivity contribution is 9.12. The van der Waals surface area contributed by atoms with Gasteiger partial charge in [0.15, 0.2) is 0 Å². The van der Waals surface area contributed by atoms with Gasteiger partial charge in [-0.1, -0.05) is 56.3 Å². The van der Waals surface area contributed by atoms with Gasteiger partial charge in [0.2, 0.25) is 0 Å². The minimum Gasteiger partial charge on any atom is -0.514 e. The Kier molecular flexibility index (Phi) is 2.44. The average molecular weight is 296 g/mol. The first-order chi connectivity index (χ1) is 6.09. The van der Waals surface area contributed by atoms with Crippen LogP contribution >= 0.6 is 38.1 Å². The quantitative estimate of drug-likeness (QED) is 0.523. The first kappa shape index (κ1) is 9.59. The second-order valence-electron chi connectivity index (χ2n) is 2.65. The van der Waals surface area contributed by atoms with Crippen LogP contribution in [0, 0.1) is 0 Å². The maximum atomic E-state index is 6.02. The Bertz CT molecular complexity index is 378. The topological polar surface area (TPSA) is 9.23 Å². The van der Waals surface area contributed by atoms with E-state index in [4.69, 9.17) is 26.6 Å². The molecule has 1 aromatic rings. The van der Waals surface area contributed by atoms with E-state index >= 15 is 0 Å². The number of hydrogen-bond donors (Lipinski definition) is 0. The van der Waals surface area contributed by atoms with Crippen LogP contribution in [-0.4, -0.2) is 6.94 Å². The molecule has 1 aliphatic rings. The molecule has 13 heavy (non-hydrogen) atoms. The van der Waals surface area contributed by atoms with Gasteiger partial charge >= 0.3 is 6.94 Å². The van der Waals surface area contributed by atoms with Gasteiger partial charge < -0.3 is 4.43 Å². The third-order valence-corrected chi connectivity index (χ3v) is 7.85. The Morgan fingerprint density at radius 1 is 1.23 bits per heavy atom. The van der Waals surface area contributed by atoms with Crippen LogP contribution in [0.1, 0.15) is 5.56 Å². The van der Waals surface area contributed by atoms with Gasteiger partial charge in [-0.2, -0.15) is 0 Å². The smallest absolute Gasteiger partial charge is 0.491 e. The Morgan fingerprint density at radius 2 is 1.92 bits per heavy atom. The lowest BCUT2D eigenvalue weighted by Gasteiger charge is -2.23. The van der Waals surface area contributed by atoms with Crippen LogP contribution in [0.2, 0.25) is 0 Å². The van der Waals surface area contributed by atoms with Crippen molar-refractivity contribution in [3.05, 3.63) is 33.9 Å². The molecule has 0 N–H and O–H groups in total. The van der Waals surface area contributed by atoms with Gasteiger partial charge in [-0.3, -0.25) is 0 Å². The van der Waals surface area contributed by atoms with Gasteiger partial charge in [-0.15, -0.1) is 0 Å². The second kappa shape index (κ2) is 3.31. The predicted molar refractivity (Wildman–Crippen MR) is 61.4 cm³/mol. The van der Waals surface area contributed by atoms with Crippen molar-refractivity contribution in [2.75, 3.05) is 0 Å². The van der Waals surface area contributed by atoms with Crippen molar-refractivity contribution in [3.8, 4) is 5.75 Å². The third kappa shape index (κ3) is 1.79. The summed E-state index contributed by atoms with van der Waals surface area (Å²) in [7, 11) is 0. The number of benzene rings is 1. The molecule has 1 nitrogen and oxygen atoms in total. The van der Waals surface area contributed by atoms with Gasteiger partial charge in [0.1, 0.15) is 5.75 Å². The fraction of sp³-hybridized carbons (Fsp3) is 0. The van der Waals surface area contributed by atoms with E-state index in [1.807, 2.05) is 30.3 Å². The van der Waals surface area contributed by atoms with E-state index in [9.17, 15) is 0 Å². The predicted octanol–water partition coefficient (Wildman–Crippen LogP) is 3.77. The van der Waals surface area contributed by atoms with E-state index in [1.165, 1.54) is 0 Å². The molecule has 0 unspecified atom stereocenters. The van der Waals surface area contributed by atoms with Crippen LogP contribution < -0.4 is 4.43 Å². The lowest BCUT2D eigenvalue weighted by atomic mass is 10.2. The summed E-state index contributed by atoms with van der Waals surface area (Å²) in [6.07, 6.45) is 1.91. The highest BCUT2D eigenvalue weighted by Crippen LogP contribution is 2.39. The molecule has 0 aliphatic carbocycles. The monoisotopic (exact) mass is 294 g/mol. The lowest BCUT2D eigenvalue weighted by molar-refractivity contribution is 0.584. The molecule has 0 fully saturated rings. The third-order valence-electron chi connectivity index (χ3n) is 1.72. The van der Waals surface area contributed by atoms with E-state index < -0.39 is 6.94 Å². The zero-order valence-corrected chi connectivity index (χ0v) is 10.5. The molecule has 0 radical (unpaired) electrons. The number of rotatable bonds is 0. The van der Waals surface area contributed by atoms with Crippen LogP contribution in [-0.2, 0) is 0 Å². The maximum Gasteiger partial charge on any atom is 0.491 e. The van der Waals surface area contributed by atoms with E-state index in [0.717, 1.165) is 15.4 Å². The van der Waals surface area contributed by atoms with Gasteiger partial charge in [-0.25, -0.2) is 0 Å².